The number of hydrogen-bond acceptors (Lipinski definition) is 15. The van der Waals surface area contributed by atoms with Gasteiger partial charge in [0.05, 0.1) is 25.4 Å². The fourth-order valence-electron chi connectivity index (χ4n) is 12.5. The van der Waals surface area contributed by atoms with E-state index >= 15 is 24.0 Å². The van der Waals surface area contributed by atoms with Gasteiger partial charge >= 0.3 is 0 Å². The molecule has 544 valence electrons. The minimum atomic E-state index is -1.64. The van der Waals surface area contributed by atoms with E-state index in [2.05, 4.69) is 26.2 Å². The lowest BCUT2D eigenvalue weighted by molar-refractivity contribution is -0.157. The van der Waals surface area contributed by atoms with Crippen molar-refractivity contribution in [2.75, 3.05) is 89.3 Å². The fourth-order valence-corrected chi connectivity index (χ4v) is 12.5. The average Bonchev–Trinajstić information content (AvgIpc) is 1.00. The molecule has 2 aliphatic rings. The summed E-state index contributed by atoms with van der Waals surface area (Å²) in [5, 5.41) is 23.3. The minimum Gasteiger partial charge on any atom is -0.390 e. The normalized spacial score (nSPS) is 28.2. The topological polar surface area (TPSA) is 300 Å². The number of aliphatic hydroxyl groups excluding tert-OH is 1. The summed E-state index contributed by atoms with van der Waals surface area (Å²) < 4.78 is 11.7. The maximum atomic E-state index is 15.3. The maximum absolute atomic E-state index is 15.3. The van der Waals surface area contributed by atoms with Gasteiger partial charge in [-0.3, -0.25) is 57.6 Å². The number of likely N-dealkylation sites (tertiary alicyclic amines) is 1. The standard InChI is InChI=1S/C69H124N12O14/c1-26-28-29-44(13)58(82)57-62(86)72-50(27-2)65(89)74(18)48(17)64(88)79(23)56(45(14)38-95-33-32-81-31-30-49(37-81)94-25)61(85)73-54(42(9)10)68(92)75(19)51(34-39(3)4)60(84)70-46(15)59(83)71-47(16)63(87)76(20)52(35-40(5)6)66(90)77(21)53(36-41(7)8)67(91)78(22)55(43(11)12)69(93)80(57)24/h26,28,39-58,82H,27,29-38H2,1-25H3,(H,70,84)(H,71,83)(H,72,86)(H,73,85)/b28-26+/t44-,45-,46+,47-,48-,49+,50+,51+,52+,53+,54+,55+,56+,57+,58-/m1/s1. The Balaban J connectivity index is 3.02. The Morgan fingerprint density at radius 1 is 0.526 bits per heavy atom. The number of carbonyl (C=O) groups excluding carboxylic acids is 11. The highest BCUT2D eigenvalue weighted by Crippen LogP contribution is 2.26. The monoisotopic (exact) mass is 1340 g/mol. The van der Waals surface area contributed by atoms with Crippen molar-refractivity contribution in [3.8, 4) is 0 Å². The van der Waals surface area contributed by atoms with E-state index < -0.39 is 161 Å². The summed E-state index contributed by atoms with van der Waals surface area (Å²) in [7, 11) is 11.6. The molecule has 0 aromatic rings. The highest BCUT2D eigenvalue weighted by Gasteiger charge is 2.46. The quantitative estimate of drug-likeness (QED) is 0.0865. The third kappa shape index (κ3) is 23.5. The molecule has 95 heavy (non-hydrogen) atoms. The van der Waals surface area contributed by atoms with Gasteiger partial charge in [0.2, 0.25) is 65.0 Å². The van der Waals surface area contributed by atoms with Crippen LogP contribution in [0.15, 0.2) is 12.2 Å². The van der Waals surface area contributed by atoms with Crippen molar-refractivity contribution in [1.82, 2.24) is 60.5 Å². The Morgan fingerprint density at radius 2 is 1.01 bits per heavy atom. The molecule has 0 saturated carbocycles. The number of ether oxygens (including phenoxy) is 2. The summed E-state index contributed by atoms with van der Waals surface area (Å²) in [6, 6.07) is -14.1. The first-order valence-corrected chi connectivity index (χ1v) is 34.4. The van der Waals surface area contributed by atoms with E-state index in [9.17, 15) is 33.9 Å². The number of methoxy groups -OCH3 is 1. The van der Waals surface area contributed by atoms with Crippen molar-refractivity contribution in [3.05, 3.63) is 12.2 Å². The molecule has 26 nitrogen and oxygen atoms in total. The lowest BCUT2D eigenvalue weighted by atomic mass is 9.91. The lowest BCUT2D eigenvalue weighted by Gasteiger charge is -2.41. The smallest absolute Gasteiger partial charge is 0.246 e. The molecular formula is C69H124N12O14. The van der Waals surface area contributed by atoms with Crippen molar-refractivity contribution in [1.29, 1.82) is 0 Å². The first kappa shape index (κ1) is 84.8. The van der Waals surface area contributed by atoms with Gasteiger partial charge in [-0.05, 0) is 102 Å². The number of amides is 11. The van der Waals surface area contributed by atoms with E-state index in [-0.39, 0.29) is 56.1 Å². The van der Waals surface area contributed by atoms with Gasteiger partial charge in [0.15, 0.2) is 0 Å². The molecule has 0 spiro atoms. The van der Waals surface area contributed by atoms with Gasteiger partial charge in [-0.2, -0.15) is 0 Å². The lowest BCUT2D eigenvalue weighted by Crippen LogP contribution is -2.64. The molecule has 2 aliphatic heterocycles. The maximum Gasteiger partial charge on any atom is 0.246 e. The van der Waals surface area contributed by atoms with Crippen LogP contribution in [-0.4, -0.2) is 277 Å². The van der Waals surface area contributed by atoms with Crippen LogP contribution in [-0.2, 0) is 62.2 Å². The second-order valence-electron chi connectivity index (χ2n) is 28.8. The first-order chi connectivity index (χ1) is 44.1. The molecule has 2 saturated heterocycles. The van der Waals surface area contributed by atoms with Gasteiger partial charge in [0, 0.05) is 82.0 Å². The molecule has 0 bridgehead atoms. The predicted octanol–water partition coefficient (Wildman–Crippen LogP) is 2.98. The van der Waals surface area contributed by atoms with Crippen LogP contribution in [0.2, 0.25) is 0 Å². The molecule has 0 unspecified atom stereocenters. The van der Waals surface area contributed by atoms with Crippen LogP contribution >= 0.6 is 0 Å². The zero-order valence-electron chi connectivity index (χ0n) is 62.3. The summed E-state index contributed by atoms with van der Waals surface area (Å²) in [6.07, 6.45) is 3.74. The largest absolute Gasteiger partial charge is 0.390 e. The van der Waals surface area contributed by atoms with Gasteiger partial charge in [-0.15, -0.1) is 0 Å². The Labute approximate surface area is 568 Å². The number of nitrogens with one attached hydrogen (secondary N) is 4. The second-order valence-corrected chi connectivity index (χ2v) is 28.8. The molecular weight excluding hydrogens is 1220 g/mol. The molecule has 0 aromatic heterocycles. The van der Waals surface area contributed by atoms with E-state index in [0.29, 0.717) is 19.6 Å². The third-order valence-electron chi connectivity index (χ3n) is 18.8. The van der Waals surface area contributed by atoms with Crippen molar-refractivity contribution < 1.29 is 67.3 Å². The Kier molecular flexibility index (Phi) is 35.0. The van der Waals surface area contributed by atoms with Crippen LogP contribution < -0.4 is 21.3 Å². The van der Waals surface area contributed by atoms with Crippen molar-refractivity contribution in [2.45, 2.75) is 235 Å². The first-order valence-electron chi connectivity index (χ1n) is 34.4. The van der Waals surface area contributed by atoms with Gasteiger partial charge in [0.25, 0.3) is 0 Å². The number of allylic oxidation sites excluding steroid dienone is 2. The molecule has 0 radical (unpaired) electrons. The minimum absolute atomic E-state index is 0.00722. The summed E-state index contributed by atoms with van der Waals surface area (Å²) >= 11 is 0. The van der Waals surface area contributed by atoms with Gasteiger partial charge in [0.1, 0.15) is 66.5 Å². The van der Waals surface area contributed by atoms with E-state index in [0.717, 1.165) is 29.3 Å². The van der Waals surface area contributed by atoms with E-state index in [1.54, 1.807) is 68.6 Å². The van der Waals surface area contributed by atoms with Crippen LogP contribution in [0.25, 0.3) is 0 Å². The number of aliphatic hydroxyl groups is 1. The Bertz CT molecular complexity index is 2600. The van der Waals surface area contributed by atoms with Crippen LogP contribution in [0.1, 0.15) is 156 Å². The van der Waals surface area contributed by atoms with E-state index in [1.165, 1.54) is 94.6 Å². The number of hydrogen-bond donors (Lipinski definition) is 5. The molecule has 15 atom stereocenters. The van der Waals surface area contributed by atoms with Crippen LogP contribution in [0.4, 0.5) is 0 Å². The third-order valence-corrected chi connectivity index (χ3v) is 18.8. The van der Waals surface area contributed by atoms with Crippen LogP contribution in [0.5, 0.6) is 0 Å². The highest BCUT2D eigenvalue weighted by molar-refractivity contribution is 6.00. The molecule has 26 heteroatoms. The van der Waals surface area contributed by atoms with Crippen LogP contribution in [0.3, 0.4) is 0 Å². The van der Waals surface area contributed by atoms with Crippen LogP contribution in [0, 0.1) is 41.4 Å². The van der Waals surface area contributed by atoms with E-state index in [1.807, 2.05) is 47.6 Å². The number of likely N-dealkylation sites (N-methyl/N-ethyl adjacent to an activating group) is 7. The van der Waals surface area contributed by atoms with Crippen molar-refractivity contribution >= 4 is 65.0 Å². The van der Waals surface area contributed by atoms with Crippen molar-refractivity contribution in [3.63, 3.8) is 0 Å². The number of carbonyl (C=O) groups is 11. The average molecular weight is 1350 g/mol. The highest BCUT2D eigenvalue weighted by atomic mass is 16.5. The summed E-state index contributed by atoms with van der Waals surface area (Å²) in [5.74, 6) is -10.7. The fraction of sp³-hybridized carbons (Fsp3) is 0.812. The predicted molar refractivity (Wildman–Crippen MR) is 365 cm³/mol. The Morgan fingerprint density at radius 3 is 1.51 bits per heavy atom. The van der Waals surface area contributed by atoms with Gasteiger partial charge < -0.3 is 70.1 Å². The molecule has 0 aromatic carbocycles. The molecule has 2 rings (SSSR count). The molecule has 5 N–H and O–H groups in total. The SMILES string of the molecule is C/C=C/C[C@@H](C)[C@@H](O)[C@H]1C(=O)N[C@@H](CC)C(=O)N(C)[C@H](C)C(=O)N(C)[C@@H]([C@H](C)COCCN2CC[C@H](OC)C2)C(=O)N[C@@H](C(C)C)C(=O)N(C)[C@@H](CC(C)C)C(=O)N[C@@H](C)C(=O)N[C@H](C)C(=O)N(C)[C@@H](CC(C)C)C(=O)N(C)[C@@H](CC(C)C)C(=O)N(C)[C@@H](C(C)C)C(=O)N1C. The molecule has 2 fully saturated rings. The summed E-state index contributed by atoms with van der Waals surface area (Å²) in [5.41, 5.74) is 0. The second kappa shape index (κ2) is 39.2. The van der Waals surface area contributed by atoms with E-state index in [4.69, 9.17) is 9.47 Å². The summed E-state index contributed by atoms with van der Waals surface area (Å²) in [4.78, 5) is 174. The van der Waals surface area contributed by atoms with Gasteiger partial charge in [-0.1, -0.05) is 102 Å². The molecule has 11 amide bonds. The Hall–Kier alpha value is -6.25. The van der Waals surface area contributed by atoms with Crippen molar-refractivity contribution in [2.24, 2.45) is 41.4 Å². The summed E-state index contributed by atoms with van der Waals surface area (Å²) in [6.45, 7) is 31.8. The number of rotatable bonds is 20. The molecule has 0 aliphatic carbocycles. The zero-order valence-corrected chi connectivity index (χ0v) is 62.3. The molecule has 2 heterocycles. The zero-order chi connectivity index (χ0) is 73.0. The van der Waals surface area contributed by atoms with Gasteiger partial charge in [-0.25, -0.2) is 0 Å². The number of nitrogens with zero attached hydrogens (tertiary/aromatic N) is 8.